The lowest BCUT2D eigenvalue weighted by atomic mass is 9.73. The highest BCUT2D eigenvalue weighted by Gasteiger charge is 2.38. The van der Waals surface area contributed by atoms with Gasteiger partial charge in [-0.2, -0.15) is 0 Å². The van der Waals surface area contributed by atoms with Crippen molar-refractivity contribution in [1.29, 1.82) is 0 Å². The molecule has 0 aromatic heterocycles. The summed E-state index contributed by atoms with van der Waals surface area (Å²) in [6, 6.07) is 12.9. The number of ether oxygens (including phenoxy) is 2. The van der Waals surface area contributed by atoms with Crippen molar-refractivity contribution in [3.8, 4) is 17.2 Å². The molecule has 0 saturated carbocycles. The first-order valence-corrected chi connectivity index (χ1v) is 10.7. The molecular weight excluding hydrogens is 394 g/mol. The average molecular weight is 421 g/mol. The maximum Gasteiger partial charge on any atom is 0.225 e. The fourth-order valence-electron chi connectivity index (χ4n) is 4.45. The Hall–Kier alpha value is -3.28. The molecule has 0 fully saturated rings. The highest BCUT2D eigenvalue weighted by Crippen LogP contribution is 2.44. The Morgan fingerprint density at radius 3 is 2.48 bits per heavy atom. The Morgan fingerprint density at radius 1 is 1.03 bits per heavy atom. The summed E-state index contributed by atoms with van der Waals surface area (Å²) in [7, 11) is 1.48. The van der Waals surface area contributed by atoms with Gasteiger partial charge in [0.15, 0.2) is 17.3 Å². The highest BCUT2D eigenvalue weighted by atomic mass is 16.5. The molecule has 0 bridgehead atoms. The van der Waals surface area contributed by atoms with Gasteiger partial charge in [-0.1, -0.05) is 25.1 Å². The second kappa shape index (κ2) is 8.84. The maximum atomic E-state index is 13.2. The van der Waals surface area contributed by atoms with E-state index in [1.54, 1.807) is 18.2 Å². The van der Waals surface area contributed by atoms with Gasteiger partial charge in [-0.05, 0) is 54.2 Å². The number of carbonyl (C=O) groups excluding carboxylic acids is 2. The lowest BCUT2D eigenvalue weighted by molar-refractivity contribution is -0.122. The van der Waals surface area contributed by atoms with Crippen molar-refractivity contribution in [3.63, 3.8) is 0 Å². The van der Waals surface area contributed by atoms with Crippen LogP contribution in [0.15, 0.2) is 53.7 Å². The summed E-state index contributed by atoms with van der Waals surface area (Å²) in [4.78, 5) is 25.7. The summed E-state index contributed by atoms with van der Waals surface area (Å²) in [6.07, 6.45) is 2.15. The lowest BCUT2D eigenvalue weighted by Crippen LogP contribution is -2.38. The number of methoxy groups -OCH3 is 1. The minimum absolute atomic E-state index is 0.0138. The molecule has 31 heavy (non-hydrogen) atoms. The van der Waals surface area contributed by atoms with Crippen LogP contribution in [0.2, 0.25) is 0 Å². The van der Waals surface area contributed by atoms with Crippen molar-refractivity contribution in [2.75, 3.05) is 13.7 Å². The predicted molar refractivity (Wildman–Crippen MR) is 116 cm³/mol. The molecule has 0 radical (unpaired) electrons. The SMILES string of the molecule is CCCOc1ccc(C2CC(=O)C3=C(C2)NC(=O)CC3c2ccc(O)c(OC)c2)cc1. The van der Waals surface area contributed by atoms with Crippen molar-refractivity contribution in [2.45, 2.75) is 44.4 Å². The Labute approximate surface area is 181 Å². The number of rotatable bonds is 6. The second-order valence-electron chi connectivity index (χ2n) is 8.07. The fraction of sp³-hybridized carbons (Fsp3) is 0.360. The van der Waals surface area contributed by atoms with Crippen LogP contribution in [0.5, 0.6) is 17.2 Å². The van der Waals surface area contributed by atoms with Crippen molar-refractivity contribution in [2.24, 2.45) is 0 Å². The molecule has 1 aliphatic carbocycles. The normalized spacial score (nSPS) is 20.8. The number of allylic oxidation sites excluding steroid dienone is 2. The van der Waals surface area contributed by atoms with E-state index in [2.05, 4.69) is 12.2 Å². The average Bonchev–Trinajstić information content (AvgIpc) is 2.77. The zero-order valence-corrected chi connectivity index (χ0v) is 17.8. The molecule has 0 spiro atoms. The zero-order valence-electron chi connectivity index (χ0n) is 17.8. The van der Waals surface area contributed by atoms with Gasteiger partial charge in [0, 0.05) is 30.0 Å². The first-order chi connectivity index (χ1) is 15.0. The van der Waals surface area contributed by atoms with Gasteiger partial charge < -0.3 is 19.9 Å². The monoisotopic (exact) mass is 421 g/mol. The number of benzene rings is 2. The van der Waals surface area contributed by atoms with Crippen LogP contribution in [0.1, 0.15) is 55.6 Å². The standard InChI is InChI=1S/C25H27NO5/c1-3-10-31-18-7-4-15(5-8-18)17-11-20-25(22(28)12-17)19(14-24(29)26-20)16-6-9-21(27)23(13-16)30-2/h4-9,13,17,19,27H,3,10-12,14H2,1-2H3,(H,26,29). The van der Waals surface area contributed by atoms with Crippen molar-refractivity contribution in [3.05, 3.63) is 64.9 Å². The molecule has 1 amide bonds. The molecule has 6 nitrogen and oxygen atoms in total. The number of hydrogen-bond acceptors (Lipinski definition) is 5. The molecule has 1 aliphatic heterocycles. The van der Waals surface area contributed by atoms with Gasteiger partial charge in [-0.25, -0.2) is 0 Å². The lowest BCUT2D eigenvalue weighted by Gasteiger charge is -2.34. The summed E-state index contributed by atoms with van der Waals surface area (Å²) in [5, 5.41) is 12.8. The fourth-order valence-corrected chi connectivity index (χ4v) is 4.45. The Bertz CT molecular complexity index is 1020. The van der Waals surface area contributed by atoms with Gasteiger partial charge in [-0.15, -0.1) is 0 Å². The van der Waals surface area contributed by atoms with Gasteiger partial charge in [-0.3, -0.25) is 9.59 Å². The molecule has 4 rings (SSSR count). The van der Waals surface area contributed by atoms with Crippen LogP contribution in [-0.2, 0) is 9.59 Å². The Balaban J connectivity index is 1.62. The molecule has 2 N–H and O–H groups in total. The molecule has 2 aromatic carbocycles. The summed E-state index contributed by atoms with van der Waals surface area (Å²) in [6.45, 7) is 2.74. The molecule has 2 atom stereocenters. The van der Waals surface area contributed by atoms with E-state index >= 15 is 0 Å². The largest absolute Gasteiger partial charge is 0.504 e. The Morgan fingerprint density at radius 2 is 1.77 bits per heavy atom. The molecular formula is C25H27NO5. The number of nitrogens with one attached hydrogen (secondary N) is 1. The third-order valence-electron chi connectivity index (χ3n) is 5.97. The molecule has 2 aromatic rings. The smallest absolute Gasteiger partial charge is 0.225 e. The van der Waals surface area contributed by atoms with Gasteiger partial charge in [0.05, 0.1) is 13.7 Å². The number of amides is 1. The molecule has 1 heterocycles. The number of phenols is 1. The van der Waals surface area contributed by atoms with E-state index in [9.17, 15) is 14.7 Å². The summed E-state index contributed by atoms with van der Waals surface area (Å²) in [5.41, 5.74) is 3.24. The van der Waals surface area contributed by atoms with Gasteiger partial charge in [0.25, 0.3) is 0 Å². The van der Waals surface area contributed by atoms with Crippen molar-refractivity contribution in [1.82, 2.24) is 5.32 Å². The number of phenolic OH excluding ortho intramolecular Hbond substituents is 1. The molecule has 162 valence electrons. The van der Waals surface area contributed by atoms with Crippen LogP contribution in [0, 0.1) is 0 Å². The summed E-state index contributed by atoms with van der Waals surface area (Å²) in [5.74, 6) is 0.803. The topological polar surface area (TPSA) is 84.9 Å². The minimum Gasteiger partial charge on any atom is -0.504 e. The van der Waals surface area contributed by atoms with E-state index in [-0.39, 0.29) is 35.7 Å². The maximum absolute atomic E-state index is 13.2. The number of ketones is 1. The van der Waals surface area contributed by atoms with Gasteiger partial charge in [0.1, 0.15) is 5.75 Å². The second-order valence-corrected chi connectivity index (χ2v) is 8.07. The van der Waals surface area contributed by atoms with E-state index < -0.39 is 0 Å². The molecule has 0 saturated heterocycles. The summed E-state index contributed by atoms with van der Waals surface area (Å²) >= 11 is 0. The van der Waals surface area contributed by atoms with E-state index in [0.717, 1.165) is 23.3 Å². The minimum atomic E-state index is -0.337. The molecule has 6 heteroatoms. The van der Waals surface area contributed by atoms with Crippen molar-refractivity contribution < 1.29 is 24.2 Å². The van der Waals surface area contributed by atoms with E-state index in [0.29, 0.717) is 36.5 Å². The number of aromatic hydroxyl groups is 1. The number of hydrogen-bond donors (Lipinski definition) is 2. The van der Waals surface area contributed by atoms with Crippen LogP contribution in [0.25, 0.3) is 0 Å². The predicted octanol–water partition coefficient (Wildman–Crippen LogP) is 4.19. The first-order valence-electron chi connectivity index (χ1n) is 10.7. The molecule has 2 unspecified atom stereocenters. The first kappa shape index (κ1) is 21.0. The zero-order chi connectivity index (χ0) is 22.0. The third-order valence-corrected chi connectivity index (χ3v) is 5.97. The van der Waals surface area contributed by atoms with E-state index in [1.807, 2.05) is 24.3 Å². The number of carbonyl (C=O) groups is 2. The summed E-state index contributed by atoms with van der Waals surface area (Å²) < 4.78 is 10.9. The van der Waals surface area contributed by atoms with Crippen LogP contribution < -0.4 is 14.8 Å². The van der Waals surface area contributed by atoms with Crippen LogP contribution in [0.4, 0.5) is 0 Å². The van der Waals surface area contributed by atoms with Crippen LogP contribution >= 0.6 is 0 Å². The molecule has 2 aliphatic rings. The third kappa shape index (κ3) is 4.29. The van der Waals surface area contributed by atoms with E-state index in [4.69, 9.17) is 9.47 Å². The van der Waals surface area contributed by atoms with Crippen LogP contribution in [-0.4, -0.2) is 30.5 Å². The highest BCUT2D eigenvalue weighted by molar-refractivity contribution is 6.02. The van der Waals surface area contributed by atoms with E-state index in [1.165, 1.54) is 7.11 Å². The quantitative estimate of drug-likeness (QED) is 0.730. The van der Waals surface area contributed by atoms with Gasteiger partial charge >= 0.3 is 0 Å². The van der Waals surface area contributed by atoms with Crippen molar-refractivity contribution >= 4 is 11.7 Å². The number of Topliss-reactive ketones (excluding diaryl/α,β-unsaturated/α-hetero) is 1. The Kier molecular flexibility index (Phi) is 5.98. The van der Waals surface area contributed by atoms with Gasteiger partial charge in [0.2, 0.25) is 5.91 Å². The van der Waals surface area contributed by atoms with Crippen LogP contribution in [0.3, 0.4) is 0 Å².